The summed E-state index contributed by atoms with van der Waals surface area (Å²) in [6.45, 7) is 3.46. The third-order valence-corrected chi connectivity index (χ3v) is 4.87. The number of nitrogens with zero attached hydrogens (tertiary/aromatic N) is 2. The molecule has 0 amide bonds. The first kappa shape index (κ1) is 14.7. The second kappa shape index (κ2) is 6.66. The number of aromatic nitrogens is 1. The maximum atomic E-state index is 6.33. The number of rotatable bonds is 5. The summed E-state index contributed by atoms with van der Waals surface area (Å²) >= 11 is 1.72. The van der Waals surface area contributed by atoms with Crippen LogP contribution in [0.2, 0.25) is 0 Å². The van der Waals surface area contributed by atoms with E-state index in [1.54, 1.807) is 18.4 Å². The van der Waals surface area contributed by atoms with E-state index in [9.17, 15) is 0 Å². The van der Waals surface area contributed by atoms with Gasteiger partial charge in [0.15, 0.2) is 0 Å². The van der Waals surface area contributed by atoms with Gasteiger partial charge in [-0.25, -0.2) is 4.98 Å². The van der Waals surface area contributed by atoms with Crippen molar-refractivity contribution in [1.82, 2.24) is 9.88 Å². The van der Waals surface area contributed by atoms with Gasteiger partial charge in [0, 0.05) is 38.4 Å². The van der Waals surface area contributed by atoms with Crippen LogP contribution >= 0.6 is 11.3 Å². The first-order valence-electron chi connectivity index (χ1n) is 7.21. The molecule has 2 N–H and O–H groups in total. The highest BCUT2D eigenvalue weighted by atomic mass is 32.1. The molecule has 4 nitrogen and oxygen atoms in total. The molecule has 3 rings (SSSR count). The molecule has 0 spiro atoms. The Morgan fingerprint density at radius 3 is 2.90 bits per heavy atom. The predicted molar refractivity (Wildman–Crippen MR) is 85.3 cm³/mol. The minimum atomic E-state index is 0.200. The van der Waals surface area contributed by atoms with Gasteiger partial charge in [0.25, 0.3) is 0 Å². The Bertz CT molecular complexity index is 572. The predicted octanol–water partition coefficient (Wildman–Crippen LogP) is 2.22. The molecule has 1 aliphatic rings. The molecule has 0 radical (unpaired) electrons. The molecule has 2 heterocycles. The fourth-order valence-corrected chi connectivity index (χ4v) is 3.85. The Labute approximate surface area is 129 Å². The van der Waals surface area contributed by atoms with Crippen LogP contribution in [0.5, 0.6) is 0 Å². The summed E-state index contributed by atoms with van der Waals surface area (Å²) in [5, 5.41) is 1.14. The molecule has 0 bridgehead atoms. The highest BCUT2D eigenvalue weighted by Gasteiger charge is 2.31. The SMILES string of the molecule is COCc1cnc(CN2C[C@@H](N)[C@H](c3ccccc3)C2)s1. The van der Waals surface area contributed by atoms with Gasteiger partial charge >= 0.3 is 0 Å². The third kappa shape index (κ3) is 3.49. The van der Waals surface area contributed by atoms with Crippen molar-refractivity contribution >= 4 is 11.3 Å². The summed E-state index contributed by atoms with van der Waals surface area (Å²) in [4.78, 5) is 8.05. The lowest BCUT2D eigenvalue weighted by Gasteiger charge is -2.14. The minimum absolute atomic E-state index is 0.200. The van der Waals surface area contributed by atoms with Crippen LogP contribution in [-0.2, 0) is 17.9 Å². The van der Waals surface area contributed by atoms with Crippen LogP contribution in [0.1, 0.15) is 21.4 Å². The second-order valence-electron chi connectivity index (χ2n) is 5.53. The van der Waals surface area contributed by atoms with Crippen molar-refractivity contribution in [3.05, 3.63) is 52.0 Å². The monoisotopic (exact) mass is 303 g/mol. The molecule has 1 aliphatic heterocycles. The van der Waals surface area contributed by atoms with Crippen molar-refractivity contribution < 1.29 is 4.74 Å². The van der Waals surface area contributed by atoms with E-state index >= 15 is 0 Å². The van der Waals surface area contributed by atoms with Crippen LogP contribution in [0.3, 0.4) is 0 Å². The standard InChI is InChI=1S/C16H21N3OS/c1-20-11-13-7-18-16(21-13)10-19-8-14(15(17)9-19)12-5-3-2-4-6-12/h2-7,14-15H,8-11,17H2,1H3/t14-,15+/m0/s1. The summed E-state index contributed by atoms with van der Waals surface area (Å²) in [6.07, 6.45) is 1.91. The van der Waals surface area contributed by atoms with Gasteiger partial charge in [-0.2, -0.15) is 0 Å². The molecule has 1 fully saturated rings. The van der Waals surface area contributed by atoms with Crippen molar-refractivity contribution in [2.24, 2.45) is 5.73 Å². The molecule has 1 aromatic heterocycles. The van der Waals surface area contributed by atoms with Gasteiger partial charge in [-0.15, -0.1) is 11.3 Å². The van der Waals surface area contributed by atoms with Crippen LogP contribution in [0.25, 0.3) is 0 Å². The van der Waals surface area contributed by atoms with Crippen molar-refractivity contribution in [2.45, 2.75) is 25.1 Å². The van der Waals surface area contributed by atoms with Crippen LogP contribution in [0.4, 0.5) is 0 Å². The lowest BCUT2D eigenvalue weighted by Crippen LogP contribution is -2.28. The summed E-state index contributed by atoms with van der Waals surface area (Å²) in [5.41, 5.74) is 7.67. The second-order valence-corrected chi connectivity index (χ2v) is 6.73. The highest BCUT2D eigenvalue weighted by Crippen LogP contribution is 2.28. The van der Waals surface area contributed by atoms with E-state index in [4.69, 9.17) is 10.5 Å². The largest absolute Gasteiger partial charge is 0.379 e. The molecule has 1 saturated heterocycles. The maximum absolute atomic E-state index is 6.33. The van der Waals surface area contributed by atoms with E-state index in [1.165, 1.54) is 10.4 Å². The fourth-order valence-electron chi connectivity index (χ4n) is 2.92. The lowest BCUT2D eigenvalue weighted by atomic mass is 9.95. The zero-order valence-electron chi connectivity index (χ0n) is 12.2. The number of methoxy groups -OCH3 is 1. The fraction of sp³-hybridized carbons (Fsp3) is 0.438. The van der Waals surface area contributed by atoms with Crippen molar-refractivity contribution in [3.8, 4) is 0 Å². The zero-order chi connectivity index (χ0) is 14.7. The molecule has 5 heteroatoms. The molecule has 1 aromatic carbocycles. The molecule has 0 unspecified atom stereocenters. The van der Waals surface area contributed by atoms with Gasteiger partial charge < -0.3 is 10.5 Å². The Morgan fingerprint density at radius 2 is 2.14 bits per heavy atom. The number of hydrogen-bond donors (Lipinski definition) is 1. The molecule has 2 atom stereocenters. The normalized spacial score (nSPS) is 22.8. The summed E-state index contributed by atoms with van der Waals surface area (Å²) in [5.74, 6) is 0.421. The van der Waals surface area contributed by atoms with E-state index in [1.807, 2.05) is 6.20 Å². The number of ether oxygens (including phenoxy) is 1. The molecule has 0 saturated carbocycles. The Kier molecular flexibility index (Phi) is 4.65. The first-order chi connectivity index (χ1) is 10.3. The third-order valence-electron chi connectivity index (χ3n) is 3.92. The number of likely N-dealkylation sites (tertiary alicyclic amines) is 1. The van der Waals surface area contributed by atoms with Gasteiger partial charge in [-0.05, 0) is 5.56 Å². The average molecular weight is 303 g/mol. The molecule has 112 valence electrons. The van der Waals surface area contributed by atoms with Crippen LogP contribution in [0.15, 0.2) is 36.5 Å². The van der Waals surface area contributed by atoms with E-state index in [-0.39, 0.29) is 6.04 Å². The zero-order valence-corrected chi connectivity index (χ0v) is 13.1. The number of benzene rings is 1. The van der Waals surface area contributed by atoms with Gasteiger partial charge in [-0.3, -0.25) is 4.90 Å². The quantitative estimate of drug-likeness (QED) is 0.920. The Morgan fingerprint density at radius 1 is 1.33 bits per heavy atom. The van der Waals surface area contributed by atoms with E-state index in [0.717, 1.165) is 24.6 Å². The van der Waals surface area contributed by atoms with Crippen molar-refractivity contribution in [3.63, 3.8) is 0 Å². The molecule has 0 aliphatic carbocycles. The molecular formula is C16H21N3OS. The highest BCUT2D eigenvalue weighted by molar-refractivity contribution is 7.11. The number of thiazole rings is 1. The van der Waals surface area contributed by atoms with Gasteiger partial charge in [0.1, 0.15) is 5.01 Å². The lowest BCUT2D eigenvalue weighted by molar-refractivity contribution is 0.187. The summed E-state index contributed by atoms with van der Waals surface area (Å²) < 4.78 is 5.14. The summed E-state index contributed by atoms with van der Waals surface area (Å²) in [7, 11) is 1.71. The molecule has 21 heavy (non-hydrogen) atoms. The minimum Gasteiger partial charge on any atom is -0.379 e. The van der Waals surface area contributed by atoms with Gasteiger partial charge in [-0.1, -0.05) is 30.3 Å². The van der Waals surface area contributed by atoms with E-state index in [0.29, 0.717) is 12.5 Å². The Balaban J connectivity index is 1.63. The molecular weight excluding hydrogens is 282 g/mol. The average Bonchev–Trinajstić information content (AvgIpc) is 3.07. The number of nitrogens with two attached hydrogens (primary N) is 1. The van der Waals surface area contributed by atoms with Gasteiger partial charge in [0.05, 0.1) is 18.0 Å². The first-order valence-corrected chi connectivity index (χ1v) is 8.03. The van der Waals surface area contributed by atoms with E-state index in [2.05, 4.69) is 40.2 Å². The van der Waals surface area contributed by atoms with Crippen molar-refractivity contribution in [2.75, 3.05) is 20.2 Å². The van der Waals surface area contributed by atoms with Crippen LogP contribution in [-0.4, -0.2) is 36.1 Å². The molecule has 2 aromatic rings. The topological polar surface area (TPSA) is 51.4 Å². The number of hydrogen-bond acceptors (Lipinski definition) is 5. The van der Waals surface area contributed by atoms with E-state index < -0.39 is 0 Å². The summed E-state index contributed by atoms with van der Waals surface area (Å²) in [6, 6.07) is 10.8. The maximum Gasteiger partial charge on any atom is 0.107 e. The van der Waals surface area contributed by atoms with Crippen LogP contribution < -0.4 is 5.73 Å². The van der Waals surface area contributed by atoms with Crippen LogP contribution in [0, 0.1) is 0 Å². The van der Waals surface area contributed by atoms with Gasteiger partial charge in [0.2, 0.25) is 0 Å². The Hall–Kier alpha value is -1.27. The van der Waals surface area contributed by atoms with Crippen molar-refractivity contribution in [1.29, 1.82) is 0 Å². The smallest absolute Gasteiger partial charge is 0.107 e.